The average molecular weight is 539 g/mol. The smallest absolute Gasteiger partial charge is 0.333 e. The monoisotopic (exact) mass is 538 g/mol. The molecule has 11 heteroatoms. The largest absolute Gasteiger partial charge is 0.481 e. The summed E-state index contributed by atoms with van der Waals surface area (Å²) in [6.45, 7) is 5.45. The number of hydrogen-bond donors (Lipinski definition) is 1. The lowest BCUT2D eigenvalue weighted by Crippen LogP contribution is -2.09. The van der Waals surface area contributed by atoms with E-state index in [1.807, 2.05) is 0 Å². The van der Waals surface area contributed by atoms with Crippen molar-refractivity contribution in [2.45, 2.75) is 39.3 Å². The molecule has 2 aromatic rings. The molecule has 188 valence electrons. The number of sulfone groups is 1. The van der Waals surface area contributed by atoms with Gasteiger partial charge in [0.2, 0.25) is 9.84 Å². The van der Waals surface area contributed by atoms with Gasteiger partial charge in [0.1, 0.15) is 13.2 Å². The molecular formula is C24H26O8S3. The lowest BCUT2D eigenvalue weighted by atomic mass is 10.3. The van der Waals surface area contributed by atoms with Gasteiger partial charge in [-0.1, -0.05) is 6.58 Å². The van der Waals surface area contributed by atoms with Crippen LogP contribution in [0.25, 0.3) is 0 Å². The number of esters is 2. The summed E-state index contributed by atoms with van der Waals surface area (Å²) in [5.74, 6) is -1.07. The summed E-state index contributed by atoms with van der Waals surface area (Å²) in [5, 5.41) is 8.54. The Bertz CT molecular complexity index is 1140. The van der Waals surface area contributed by atoms with E-state index in [4.69, 9.17) is 14.6 Å². The minimum absolute atomic E-state index is 0.129. The third kappa shape index (κ3) is 9.79. The highest BCUT2D eigenvalue weighted by molar-refractivity contribution is 7.99. The first-order valence-electron chi connectivity index (χ1n) is 10.5. The minimum Gasteiger partial charge on any atom is -0.481 e. The molecule has 0 saturated heterocycles. The molecule has 0 unspecified atom stereocenters. The maximum atomic E-state index is 12.9. The number of carboxylic acid groups (broad SMARTS) is 1. The minimum atomic E-state index is -3.68. The zero-order chi connectivity index (χ0) is 25.8. The fraction of sp³-hybridized carbons (Fsp3) is 0.292. The van der Waals surface area contributed by atoms with Gasteiger partial charge in [-0.3, -0.25) is 9.59 Å². The third-order valence-corrected chi connectivity index (χ3v) is 8.10. The summed E-state index contributed by atoms with van der Waals surface area (Å²) in [4.78, 5) is 35.2. The number of carboxylic acids is 1. The van der Waals surface area contributed by atoms with Gasteiger partial charge in [-0.15, -0.1) is 23.5 Å². The predicted molar refractivity (Wildman–Crippen MR) is 133 cm³/mol. The zero-order valence-corrected chi connectivity index (χ0v) is 21.5. The average Bonchev–Trinajstić information content (AvgIpc) is 2.83. The zero-order valence-electron chi connectivity index (χ0n) is 19.1. The van der Waals surface area contributed by atoms with Crippen LogP contribution in [0.3, 0.4) is 0 Å². The molecule has 0 fully saturated rings. The van der Waals surface area contributed by atoms with Crippen LogP contribution >= 0.6 is 23.5 Å². The Hall–Kier alpha value is -2.76. The number of hydrogen-bond acceptors (Lipinski definition) is 9. The number of benzene rings is 2. The second-order valence-electron chi connectivity index (χ2n) is 7.17. The molecule has 0 aliphatic rings. The Labute approximate surface area is 213 Å². The van der Waals surface area contributed by atoms with E-state index in [9.17, 15) is 22.8 Å². The van der Waals surface area contributed by atoms with Gasteiger partial charge in [0, 0.05) is 26.9 Å². The number of ether oxygens (including phenoxy) is 2. The van der Waals surface area contributed by atoms with Gasteiger partial charge in [-0.05, 0) is 55.5 Å². The van der Waals surface area contributed by atoms with Crippen LogP contribution < -0.4 is 0 Å². The molecule has 0 saturated carbocycles. The number of thioether (sulfide) groups is 2. The van der Waals surface area contributed by atoms with Crippen molar-refractivity contribution >= 4 is 51.3 Å². The number of aliphatic carboxylic acids is 1. The van der Waals surface area contributed by atoms with Crippen LogP contribution in [0.15, 0.2) is 80.3 Å². The van der Waals surface area contributed by atoms with Crippen molar-refractivity contribution in [2.75, 3.05) is 24.7 Å². The van der Waals surface area contributed by atoms with E-state index in [-0.39, 0.29) is 35.8 Å². The van der Waals surface area contributed by atoms with Gasteiger partial charge < -0.3 is 14.6 Å². The first-order chi connectivity index (χ1) is 16.6. The van der Waals surface area contributed by atoms with Crippen LogP contribution in [0.4, 0.5) is 0 Å². The summed E-state index contributed by atoms with van der Waals surface area (Å²) in [5.41, 5.74) is 0.339. The molecule has 0 aliphatic heterocycles. The summed E-state index contributed by atoms with van der Waals surface area (Å²) < 4.78 is 35.8. The maximum Gasteiger partial charge on any atom is 0.333 e. The predicted octanol–water partition coefficient (Wildman–Crippen LogP) is 4.23. The highest BCUT2D eigenvalue weighted by Crippen LogP contribution is 2.26. The Balaban J connectivity index is 1.84. The fourth-order valence-electron chi connectivity index (χ4n) is 2.58. The summed E-state index contributed by atoms with van der Waals surface area (Å²) in [6, 6.07) is 12.9. The Kier molecular flexibility index (Phi) is 11.4. The number of carbonyl (C=O) groups excluding carboxylic acids is 2. The van der Waals surface area contributed by atoms with Gasteiger partial charge in [0.25, 0.3) is 0 Å². The molecule has 2 aromatic carbocycles. The summed E-state index contributed by atoms with van der Waals surface area (Å²) in [7, 11) is -3.68. The van der Waals surface area contributed by atoms with E-state index in [1.54, 1.807) is 43.3 Å². The molecule has 0 aliphatic carbocycles. The van der Waals surface area contributed by atoms with Gasteiger partial charge in [-0.25, -0.2) is 13.2 Å². The van der Waals surface area contributed by atoms with E-state index in [0.717, 1.165) is 9.79 Å². The molecule has 0 bridgehead atoms. The molecule has 2 rings (SSSR count). The number of carbonyl (C=O) groups is 3. The van der Waals surface area contributed by atoms with Crippen molar-refractivity contribution in [1.82, 2.24) is 0 Å². The molecule has 35 heavy (non-hydrogen) atoms. The van der Waals surface area contributed by atoms with Gasteiger partial charge in [0.05, 0.1) is 22.6 Å². The lowest BCUT2D eigenvalue weighted by Gasteiger charge is -2.08. The van der Waals surface area contributed by atoms with Crippen LogP contribution in [-0.4, -0.2) is 56.2 Å². The van der Waals surface area contributed by atoms with Crippen LogP contribution in [0.2, 0.25) is 0 Å². The summed E-state index contributed by atoms with van der Waals surface area (Å²) >= 11 is 2.83. The quantitative estimate of drug-likeness (QED) is 0.162. The fourth-order valence-corrected chi connectivity index (χ4v) is 5.30. The standard InChI is InChI=1S/C24H26O8S3/c1-17(2)24(28)32-14-16-34-19-5-9-21(10-6-19)35(29,30)20-7-3-18(4-8-20)33-15-13-31-23(27)12-11-22(25)26/h3-10H,1,11-16H2,2H3,(H,25,26). The summed E-state index contributed by atoms with van der Waals surface area (Å²) in [6.07, 6.45) is -0.437. The Morgan fingerprint density at radius 1 is 0.829 bits per heavy atom. The Morgan fingerprint density at radius 2 is 1.29 bits per heavy atom. The van der Waals surface area contributed by atoms with E-state index in [2.05, 4.69) is 6.58 Å². The first-order valence-corrected chi connectivity index (χ1v) is 14.0. The van der Waals surface area contributed by atoms with Crippen LogP contribution in [0.1, 0.15) is 19.8 Å². The van der Waals surface area contributed by atoms with Crippen molar-refractivity contribution < 1.29 is 37.4 Å². The Morgan fingerprint density at radius 3 is 1.71 bits per heavy atom. The molecule has 0 aromatic heterocycles. The number of rotatable bonds is 14. The van der Waals surface area contributed by atoms with Gasteiger partial charge in [0.15, 0.2) is 0 Å². The van der Waals surface area contributed by atoms with Crippen molar-refractivity contribution in [3.05, 3.63) is 60.7 Å². The van der Waals surface area contributed by atoms with Gasteiger partial charge in [-0.2, -0.15) is 0 Å². The molecule has 8 nitrogen and oxygen atoms in total. The van der Waals surface area contributed by atoms with Crippen molar-refractivity contribution in [1.29, 1.82) is 0 Å². The molecule has 0 radical (unpaired) electrons. The lowest BCUT2D eigenvalue weighted by molar-refractivity contribution is -0.147. The second-order valence-corrected chi connectivity index (χ2v) is 11.5. The van der Waals surface area contributed by atoms with Crippen molar-refractivity contribution in [3.8, 4) is 0 Å². The van der Waals surface area contributed by atoms with E-state index >= 15 is 0 Å². The normalized spacial score (nSPS) is 11.0. The molecular weight excluding hydrogens is 512 g/mol. The molecule has 0 heterocycles. The SMILES string of the molecule is C=C(C)C(=O)OCCSc1ccc(S(=O)(=O)c2ccc(SCCOC(=O)CCC(=O)O)cc2)cc1. The highest BCUT2D eigenvalue weighted by atomic mass is 32.2. The third-order valence-electron chi connectivity index (χ3n) is 4.36. The highest BCUT2D eigenvalue weighted by Gasteiger charge is 2.17. The molecule has 0 spiro atoms. The van der Waals surface area contributed by atoms with E-state index in [0.29, 0.717) is 17.1 Å². The van der Waals surface area contributed by atoms with E-state index < -0.39 is 27.7 Å². The molecule has 0 atom stereocenters. The maximum absolute atomic E-state index is 12.9. The van der Waals surface area contributed by atoms with Gasteiger partial charge >= 0.3 is 17.9 Å². The van der Waals surface area contributed by atoms with Crippen molar-refractivity contribution in [3.63, 3.8) is 0 Å². The van der Waals surface area contributed by atoms with Crippen molar-refractivity contribution in [2.24, 2.45) is 0 Å². The van der Waals surface area contributed by atoms with Crippen LogP contribution in [-0.2, 0) is 33.7 Å². The second kappa shape index (κ2) is 14.0. The topological polar surface area (TPSA) is 124 Å². The van der Waals surface area contributed by atoms with Crippen LogP contribution in [0, 0.1) is 0 Å². The van der Waals surface area contributed by atoms with Crippen LogP contribution in [0.5, 0.6) is 0 Å². The van der Waals surface area contributed by atoms with E-state index in [1.165, 1.54) is 35.7 Å². The first kappa shape index (κ1) is 28.5. The molecule has 0 amide bonds. The molecule has 1 N–H and O–H groups in total.